The maximum Gasteiger partial charge on any atom is 0.243 e. The number of rotatable bonds is 5. The minimum absolute atomic E-state index is 0.0509. The van der Waals surface area contributed by atoms with Gasteiger partial charge < -0.3 is 10.2 Å². The van der Waals surface area contributed by atoms with Gasteiger partial charge in [0.05, 0.1) is 10.8 Å². The summed E-state index contributed by atoms with van der Waals surface area (Å²) >= 11 is 0. The number of carbonyl (C=O) groups is 1. The standard InChI is InChI=1S/C23H28FN3O3S/c1-26-16-18(23(28)25-20-9-7-19(24)8-10-20)15-22(26)17-11-13-27(14-12-17)31(29,30)21-5-3-2-4-6-21/h2-10,17-18,22H,11-16H2,1H3,(H,25,28)/t18-,22-/m1/s1. The van der Waals surface area contributed by atoms with Gasteiger partial charge in [-0.25, -0.2) is 12.8 Å². The Bertz CT molecular complexity index is 1010. The Morgan fingerprint density at radius 2 is 1.68 bits per heavy atom. The molecule has 2 aromatic carbocycles. The molecule has 2 aliphatic rings. The number of nitrogens with zero attached hydrogens (tertiary/aromatic N) is 2. The molecule has 0 unspecified atom stereocenters. The number of amides is 1. The van der Waals surface area contributed by atoms with Crippen molar-refractivity contribution in [2.24, 2.45) is 11.8 Å². The maximum absolute atomic E-state index is 13.1. The molecule has 31 heavy (non-hydrogen) atoms. The van der Waals surface area contributed by atoms with Crippen molar-refractivity contribution in [1.82, 2.24) is 9.21 Å². The summed E-state index contributed by atoms with van der Waals surface area (Å²) < 4.78 is 40.4. The summed E-state index contributed by atoms with van der Waals surface area (Å²) in [6.45, 7) is 1.66. The van der Waals surface area contributed by atoms with Crippen LogP contribution in [0.1, 0.15) is 19.3 Å². The van der Waals surface area contributed by atoms with Crippen LogP contribution in [0.25, 0.3) is 0 Å². The molecule has 0 spiro atoms. The van der Waals surface area contributed by atoms with E-state index in [-0.39, 0.29) is 23.7 Å². The number of carbonyl (C=O) groups excluding carboxylic acids is 1. The Morgan fingerprint density at radius 1 is 1.03 bits per heavy atom. The lowest BCUT2D eigenvalue weighted by Crippen LogP contribution is -2.43. The number of hydrogen-bond donors (Lipinski definition) is 1. The third kappa shape index (κ3) is 4.81. The SMILES string of the molecule is CN1C[C@H](C(=O)Nc2ccc(F)cc2)C[C@@H]1C1CCN(S(=O)(=O)c2ccccc2)CC1. The lowest BCUT2D eigenvalue weighted by atomic mass is 9.87. The van der Waals surface area contributed by atoms with Gasteiger partial charge in [-0.2, -0.15) is 4.31 Å². The number of hydrogen-bond acceptors (Lipinski definition) is 4. The largest absolute Gasteiger partial charge is 0.326 e. The highest BCUT2D eigenvalue weighted by atomic mass is 32.2. The first-order valence-electron chi connectivity index (χ1n) is 10.7. The molecule has 1 N–H and O–H groups in total. The van der Waals surface area contributed by atoms with E-state index in [2.05, 4.69) is 10.2 Å². The van der Waals surface area contributed by atoms with Gasteiger partial charge >= 0.3 is 0 Å². The van der Waals surface area contributed by atoms with Crippen LogP contribution < -0.4 is 5.32 Å². The van der Waals surface area contributed by atoms with E-state index in [1.54, 1.807) is 40.7 Å². The minimum atomic E-state index is -3.46. The number of benzene rings is 2. The molecule has 6 nitrogen and oxygen atoms in total. The van der Waals surface area contributed by atoms with E-state index in [1.807, 2.05) is 13.1 Å². The third-order valence-corrected chi connectivity index (χ3v) is 8.42. The molecule has 2 aromatic rings. The zero-order valence-electron chi connectivity index (χ0n) is 17.6. The van der Waals surface area contributed by atoms with E-state index >= 15 is 0 Å². The lowest BCUT2D eigenvalue weighted by Gasteiger charge is -2.36. The molecule has 166 valence electrons. The van der Waals surface area contributed by atoms with Gasteiger partial charge in [0.25, 0.3) is 0 Å². The number of halogens is 1. The Hall–Kier alpha value is -2.29. The number of anilines is 1. The zero-order chi connectivity index (χ0) is 22.0. The van der Waals surface area contributed by atoms with Crippen LogP contribution in [0.4, 0.5) is 10.1 Å². The fourth-order valence-corrected chi connectivity index (χ4v) is 6.28. The molecule has 1 amide bonds. The fraction of sp³-hybridized carbons (Fsp3) is 0.435. The van der Waals surface area contributed by atoms with Gasteiger partial charge in [0.1, 0.15) is 5.82 Å². The maximum atomic E-state index is 13.1. The number of piperidine rings is 1. The molecule has 0 bridgehead atoms. The quantitative estimate of drug-likeness (QED) is 0.768. The smallest absolute Gasteiger partial charge is 0.243 e. The van der Waals surface area contributed by atoms with Crippen LogP contribution >= 0.6 is 0 Å². The predicted octanol–water partition coefficient (Wildman–Crippen LogP) is 3.19. The summed E-state index contributed by atoms with van der Waals surface area (Å²) in [7, 11) is -1.42. The highest BCUT2D eigenvalue weighted by molar-refractivity contribution is 7.89. The summed E-state index contributed by atoms with van der Waals surface area (Å²) in [5, 5.41) is 2.88. The van der Waals surface area contributed by atoms with Gasteiger partial charge in [0.15, 0.2) is 0 Å². The molecule has 0 aliphatic carbocycles. The first-order valence-corrected chi connectivity index (χ1v) is 12.1. The fourth-order valence-electron chi connectivity index (χ4n) is 4.79. The first-order chi connectivity index (χ1) is 14.8. The van der Waals surface area contributed by atoms with E-state index < -0.39 is 10.0 Å². The van der Waals surface area contributed by atoms with Crippen molar-refractivity contribution < 1.29 is 17.6 Å². The van der Waals surface area contributed by atoms with E-state index in [0.29, 0.717) is 36.1 Å². The van der Waals surface area contributed by atoms with Crippen LogP contribution in [0.3, 0.4) is 0 Å². The molecule has 2 aliphatic heterocycles. The van der Waals surface area contributed by atoms with Crippen molar-refractivity contribution in [1.29, 1.82) is 0 Å². The van der Waals surface area contributed by atoms with Crippen LogP contribution in [-0.4, -0.2) is 56.3 Å². The summed E-state index contributed by atoms with van der Waals surface area (Å²) in [6.07, 6.45) is 2.32. The molecule has 2 saturated heterocycles. The molecule has 0 saturated carbocycles. The van der Waals surface area contributed by atoms with Crippen molar-refractivity contribution in [3.63, 3.8) is 0 Å². The van der Waals surface area contributed by atoms with Gasteiger partial charge in [-0.1, -0.05) is 18.2 Å². The molecular weight excluding hydrogens is 417 g/mol. The molecule has 2 heterocycles. The second kappa shape index (κ2) is 9.06. The summed E-state index contributed by atoms with van der Waals surface area (Å²) in [4.78, 5) is 15.3. The third-order valence-electron chi connectivity index (χ3n) is 6.51. The normalized spacial score (nSPS) is 23.7. The van der Waals surface area contributed by atoms with Crippen molar-refractivity contribution in [3.05, 3.63) is 60.4 Å². The number of sulfonamides is 1. The van der Waals surface area contributed by atoms with Crippen molar-refractivity contribution in [2.75, 3.05) is 32.0 Å². The van der Waals surface area contributed by atoms with E-state index in [9.17, 15) is 17.6 Å². The van der Waals surface area contributed by atoms with Gasteiger partial charge in [-0.3, -0.25) is 4.79 Å². The summed E-state index contributed by atoms with van der Waals surface area (Å²) in [6, 6.07) is 14.6. The molecule has 8 heteroatoms. The second-order valence-corrected chi connectivity index (χ2v) is 10.4. The summed E-state index contributed by atoms with van der Waals surface area (Å²) in [5.41, 5.74) is 0.594. The van der Waals surface area contributed by atoms with E-state index in [1.165, 1.54) is 12.1 Å². The predicted molar refractivity (Wildman–Crippen MR) is 117 cm³/mol. The zero-order valence-corrected chi connectivity index (χ0v) is 18.4. The highest BCUT2D eigenvalue weighted by Crippen LogP contribution is 2.34. The Labute approximate surface area is 183 Å². The van der Waals surface area contributed by atoms with E-state index in [4.69, 9.17) is 0 Å². The lowest BCUT2D eigenvalue weighted by molar-refractivity contribution is -0.119. The van der Waals surface area contributed by atoms with E-state index in [0.717, 1.165) is 19.3 Å². The number of nitrogens with one attached hydrogen (secondary N) is 1. The second-order valence-electron chi connectivity index (χ2n) is 8.49. The molecular formula is C23H28FN3O3S. The number of likely N-dealkylation sites (tertiary alicyclic amines) is 1. The van der Waals surface area contributed by atoms with Crippen molar-refractivity contribution >= 4 is 21.6 Å². The average molecular weight is 446 g/mol. The van der Waals surface area contributed by atoms with Crippen LogP contribution in [-0.2, 0) is 14.8 Å². The molecule has 2 fully saturated rings. The topological polar surface area (TPSA) is 69.7 Å². The Balaban J connectivity index is 1.34. The summed E-state index contributed by atoms with van der Waals surface area (Å²) in [5.74, 6) is -0.161. The Morgan fingerprint density at radius 3 is 2.32 bits per heavy atom. The van der Waals surface area contributed by atoms with Crippen molar-refractivity contribution in [3.8, 4) is 0 Å². The molecule has 4 rings (SSSR count). The van der Waals surface area contributed by atoms with Crippen LogP contribution in [0.15, 0.2) is 59.5 Å². The van der Waals surface area contributed by atoms with Gasteiger partial charge in [-0.15, -0.1) is 0 Å². The molecule has 0 radical (unpaired) electrons. The van der Waals surface area contributed by atoms with Gasteiger partial charge in [0.2, 0.25) is 15.9 Å². The highest BCUT2D eigenvalue weighted by Gasteiger charge is 2.40. The van der Waals surface area contributed by atoms with Gasteiger partial charge in [-0.05, 0) is 68.6 Å². The van der Waals surface area contributed by atoms with Crippen LogP contribution in [0, 0.1) is 17.7 Å². The minimum Gasteiger partial charge on any atom is -0.326 e. The first kappa shape index (κ1) is 21.9. The van der Waals surface area contributed by atoms with Crippen LogP contribution in [0.5, 0.6) is 0 Å². The average Bonchev–Trinajstić information content (AvgIpc) is 3.18. The van der Waals surface area contributed by atoms with Crippen LogP contribution in [0.2, 0.25) is 0 Å². The molecule has 0 aromatic heterocycles. The Kier molecular flexibility index (Phi) is 6.41. The van der Waals surface area contributed by atoms with Crippen molar-refractivity contribution in [2.45, 2.75) is 30.2 Å². The molecule has 2 atom stereocenters. The monoisotopic (exact) mass is 445 g/mol. The van der Waals surface area contributed by atoms with Gasteiger partial charge in [0, 0.05) is 31.4 Å².